The van der Waals surface area contributed by atoms with Crippen LogP contribution in [0.4, 0.5) is 5.69 Å². The molecule has 0 aliphatic rings. The third-order valence-electron chi connectivity index (χ3n) is 4.39. The second-order valence-corrected chi connectivity index (χ2v) is 6.20. The van der Waals surface area contributed by atoms with Crippen LogP contribution in [0.15, 0.2) is 66.7 Å². The molecule has 0 spiro atoms. The van der Waals surface area contributed by atoms with E-state index in [1.807, 2.05) is 66.7 Å². The molecule has 2 aromatic carbocycles. The zero-order chi connectivity index (χ0) is 19.0. The topological polar surface area (TPSA) is 78.8 Å². The van der Waals surface area contributed by atoms with Crippen molar-refractivity contribution in [2.75, 3.05) is 0 Å². The van der Waals surface area contributed by atoms with Crippen molar-refractivity contribution in [3.8, 4) is 28.3 Å². The van der Waals surface area contributed by atoms with Gasteiger partial charge in [-0.1, -0.05) is 60.7 Å². The molecular formula is C20H17N5O2. The maximum absolute atomic E-state index is 11.7. The Kier molecular flexibility index (Phi) is 4.04. The zero-order valence-corrected chi connectivity index (χ0v) is 14.9. The molecule has 27 heavy (non-hydrogen) atoms. The molecule has 0 amide bonds. The summed E-state index contributed by atoms with van der Waals surface area (Å²) in [5.41, 5.74) is 3.67. The van der Waals surface area contributed by atoms with Gasteiger partial charge in [0.2, 0.25) is 5.82 Å². The molecule has 4 aromatic rings. The molecule has 7 nitrogen and oxygen atoms in total. The minimum Gasteiger partial charge on any atom is -0.258 e. The SMILES string of the molecule is Cc1nn(C)c(-n2nc(-c3ccccc3)cc2-c2ccccc2)c1[N+](=O)[O-]. The second-order valence-electron chi connectivity index (χ2n) is 6.20. The summed E-state index contributed by atoms with van der Waals surface area (Å²) in [7, 11) is 1.69. The second kappa shape index (κ2) is 6.53. The molecule has 0 aliphatic carbocycles. The lowest BCUT2D eigenvalue weighted by Gasteiger charge is -2.07. The molecule has 0 N–H and O–H groups in total. The van der Waals surface area contributed by atoms with Crippen LogP contribution in [0.5, 0.6) is 0 Å². The van der Waals surface area contributed by atoms with E-state index in [0.717, 1.165) is 22.5 Å². The van der Waals surface area contributed by atoms with E-state index in [1.54, 1.807) is 18.7 Å². The van der Waals surface area contributed by atoms with Gasteiger partial charge in [-0.25, -0.2) is 9.36 Å². The van der Waals surface area contributed by atoms with Crippen LogP contribution in [0.2, 0.25) is 0 Å². The average molecular weight is 359 g/mol. The van der Waals surface area contributed by atoms with Crippen molar-refractivity contribution in [2.45, 2.75) is 6.92 Å². The van der Waals surface area contributed by atoms with Crippen molar-refractivity contribution >= 4 is 5.69 Å². The van der Waals surface area contributed by atoms with Crippen LogP contribution in [0, 0.1) is 17.0 Å². The highest BCUT2D eigenvalue weighted by Gasteiger charge is 2.28. The highest BCUT2D eigenvalue weighted by molar-refractivity contribution is 5.71. The fourth-order valence-electron chi connectivity index (χ4n) is 3.19. The van der Waals surface area contributed by atoms with Gasteiger partial charge in [-0.15, -0.1) is 0 Å². The van der Waals surface area contributed by atoms with Crippen molar-refractivity contribution in [1.29, 1.82) is 0 Å². The van der Waals surface area contributed by atoms with Crippen LogP contribution in [0.3, 0.4) is 0 Å². The predicted molar refractivity (Wildman–Crippen MR) is 103 cm³/mol. The van der Waals surface area contributed by atoms with Crippen molar-refractivity contribution < 1.29 is 4.92 Å². The summed E-state index contributed by atoms with van der Waals surface area (Å²) in [5.74, 6) is 0.332. The van der Waals surface area contributed by atoms with Crippen LogP contribution in [-0.2, 0) is 7.05 Å². The first-order chi connectivity index (χ1) is 13.1. The van der Waals surface area contributed by atoms with E-state index in [0.29, 0.717) is 11.5 Å². The van der Waals surface area contributed by atoms with Crippen molar-refractivity contribution in [2.24, 2.45) is 7.05 Å². The smallest absolute Gasteiger partial charge is 0.258 e. The van der Waals surface area contributed by atoms with Gasteiger partial charge in [-0.05, 0) is 13.0 Å². The fraction of sp³-hybridized carbons (Fsp3) is 0.100. The summed E-state index contributed by atoms with van der Waals surface area (Å²) < 4.78 is 3.11. The lowest BCUT2D eigenvalue weighted by Crippen LogP contribution is -2.08. The quantitative estimate of drug-likeness (QED) is 0.405. The van der Waals surface area contributed by atoms with Gasteiger partial charge in [0.25, 0.3) is 0 Å². The molecule has 4 rings (SSSR count). The molecule has 0 fully saturated rings. The Morgan fingerprint density at radius 3 is 2.11 bits per heavy atom. The van der Waals surface area contributed by atoms with Crippen LogP contribution in [0.25, 0.3) is 28.3 Å². The van der Waals surface area contributed by atoms with Crippen molar-refractivity contribution in [3.05, 3.63) is 82.5 Å². The number of nitrogens with zero attached hydrogens (tertiary/aromatic N) is 5. The van der Waals surface area contributed by atoms with Crippen LogP contribution in [-0.4, -0.2) is 24.5 Å². The molecular weight excluding hydrogens is 342 g/mol. The summed E-state index contributed by atoms with van der Waals surface area (Å²) in [6, 6.07) is 21.4. The number of rotatable bonds is 4. The maximum atomic E-state index is 11.7. The molecule has 134 valence electrons. The molecule has 0 aliphatic heterocycles. The predicted octanol–water partition coefficient (Wildman–Crippen LogP) is 4.16. The number of hydrogen-bond acceptors (Lipinski definition) is 4. The summed E-state index contributed by atoms with van der Waals surface area (Å²) in [4.78, 5) is 11.3. The number of hydrogen-bond donors (Lipinski definition) is 0. The lowest BCUT2D eigenvalue weighted by molar-refractivity contribution is -0.385. The third-order valence-corrected chi connectivity index (χ3v) is 4.39. The van der Waals surface area contributed by atoms with E-state index in [4.69, 9.17) is 5.10 Å². The average Bonchev–Trinajstić information content (AvgIpc) is 3.23. The summed E-state index contributed by atoms with van der Waals surface area (Å²) in [5, 5.41) is 20.6. The van der Waals surface area contributed by atoms with Crippen molar-refractivity contribution in [3.63, 3.8) is 0 Å². The van der Waals surface area contributed by atoms with Gasteiger partial charge in [-0.2, -0.15) is 10.2 Å². The van der Waals surface area contributed by atoms with Gasteiger partial charge < -0.3 is 0 Å². The van der Waals surface area contributed by atoms with Gasteiger partial charge >= 0.3 is 5.69 Å². The van der Waals surface area contributed by atoms with E-state index in [2.05, 4.69) is 5.10 Å². The highest BCUT2D eigenvalue weighted by Crippen LogP contribution is 2.33. The maximum Gasteiger partial charge on any atom is 0.336 e. The molecule has 0 radical (unpaired) electrons. The molecule has 0 atom stereocenters. The Morgan fingerprint density at radius 2 is 1.52 bits per heavy atom. The van der Waals surface area contributed by atoms with E-state index in [1.165, 1.54) is 4.68 Å². The standard InChI is InChI=1S/C20H17N5O2/c1-14-19(25(26)27)20(23(2)21-14)24-18(16-11-7-4-8-12-16)13-17(22-24)15-9-5-3-6-10-15/h3-13H,1-2H3. The minimum atomic E-state index is -0.406. The summed E-state index contributed by atoms with van der Waals surface area (Å²) >= 11 is 0. The molecule has 0 bridgehead atoms. The van der Waals surface area contributed by atoms with Crippen molar-refractivity contribution in [1.82, 2.24) is 19.6 Å². The Balaban J connectivity index is 2.01. The summed E-state index contributed by atoms with van der Waals surface area (Å²) in [6.07, 6.45) is 0. The molecule has 0 saturated heterocycles. The highest BCUT2D eigenvalue weighted by atomic mass is 16.6. The van der Waals surface area contributed by atoms with E-state index in [9.17, 15) is 10.1 Å². The monoisotopic (exact) mass is 359 g/mol. The molecule has 0 unspecified atom stereocenters. The van der Waals surface area contributed by atoms with E-state index >= 15 is 0 Å². The number of nitro groups is 1. The third kappa shape index (κ3) is 2.89. The first-order valence-electron chi connectivity index (χ1n) is 8.45. The van der Waals surface area contributed by atoms with Crippen LogP contribution >= 0.6 is 0 Å². The van der Waals surface area contributed by atoms with Crippen LogP contribution < -0.4 is 0 Å². The Hall–Kier alpha value is -3.74. The Labute approximate surface area is 155 Å². The number of aromatic nitrogens is 4. The number of aryl methyl sites for hydroxylation is 2. The Morgan fingerprint density at radius 1 is 0.926 bits per heavy atom. The first-order valence-corrected chi connectivity index (χ1v) is 8.45. The molecule has 7 heteroatoms. The van der Waals surface area contributed by atoms with E-state index in [-0.39, 0.29) is 5.69 Å². The van der Waals surface area contributed by atoms with Gasteiger partial charge in [0, 0.05) is 18.2 Å². The zero-order valence-electron chi connectivity index (χ0n) is 14.9. The van der Waals surface area contributed by atoms with Crippen LogP contribution in [0.1, 0.15) is 5.69 Å². The fourth-order valence-corrected chi connectivity index (χ4v) is 3.19. The van der Waals surface area contributed by atoms with Gasteiger partial charge in [-0.3, -0.25) is 10.1 Å². The normalized spacial score (nSPS) is 10.9. The molecule has 0 saturated carbocycles. The largest absolute Gasteiger partial charge is 0.336 e. The van der Waals surface area contributed by atoms with Gasteiger partial charge in [0.15, 0.2) is 0 Å². The molecule has 2 heterocycles. The van der Waals surface area contributed by atoms with Gasteiger partial charge in [0.1, 0.15) is 5.69 Å². The Bertz CT molecular complexity index is 1110. The summed E-state index contributed by atoms with van der Waals surface area (Å²) in [6.45, 7) is 1.63. The molecule has 2 aromatic heterocycles. The van der Waals surface area contributed by atoms with Gasteiger partial charge in [0.05, 0.1) is 16.3 Å². The minimum absolute atomic E-state index is 0.0441. The van der Waals surface area contributed by atoms with E-state index < -0.39 is 4.92 Å². The lowest BCUT2D eigenvalue weighted by atomic mass is 10.1. The number of benzene rings is 2. The first kappa shape index (κ1) is 16.7.